The van der Waals surface area contributed by atoms with Crippen molar-refractivity contribution in [3.63, 3.8) is 0 Å². The Hall–Kier alpha value is -2.20. The van der Waals surface area contributed by atoms with Crippen molar-refractivity contribution >= 4 is 51.7 Å². The van der Waals surface area contributed by atoms with Crippen molar-refractivity contribution in [2.24, 2.45) is 0 Å². The van der Waals surface area contributed by atoms with Crippen molar-refractivity contribution < 1.29 is 14.7 Å². The molecule has 0 bridgehead atoms. The average Bonchev–Trinajstić information content (AvgIpc) is 2.53. The minimum atomic E-state index is -0.448. The molecule has 2 amide bonds. The highest BCUT2D eigenvalue weighted by atomic mass is 127. The molecule has 2 aromatic carbocycles. The number of carbonyl (C=O) groups is 2. The number of amides is 2. The summed E-state index contributed by atoms with van der Waals surface area (Å²) in [5.41, 5.74) is 5.64. The zero-order valence-corrected chi connectivity index (χ0v) is 14.6. The van der Waals surface area contributed by atoms with Gasteiger partial charge in [0.15, 0.2) is 5.11 Å². The van der Waals surface area contributed by atoms with Gasteiger partial charge in [-0.2, -0.15) is 0 Å². The van der Waals surface area contributed by atoms with E-state index in [1.165, 1.54) is 24.3 Å². The Balaban J connectivity index is 1.88. The quantitative estimate of drug-likeness (QED) is 0.325. The van der Waals surface area contributed by atoms with E-state index in [1.54, 1.807) is 18.2 Å². The van der Waals surface area contributed by atoms with E-state index in [0.29, 0.717) is 11.1 Å². The standard InChI is InChI=1S/C15H12IN3O3S/c16-12-4-2-1-3-11(12)14(22)17-15(23)19-18-13(21)9-5-7-10(20)8-6-9/h1-8,20H,(H,18,21)(H2,17,19,22,23). The molecule has 0 aliphatic rings. The predicted molar refractivity (Wildman–Crippen MR) is 97.9 cm³/mol. The van der Waals surface area contributed by atoms with Crippen LogP contribution in [0.25, 0.3) is 0 Å². The summed E-state index contributed by atoms with van der Waals surface area (Å²) >= 11 is 7.01. The molecule has 4 N–H and O–H groups in total. The molecular formula is C15H12IN3O3S. The SMILES string of the molecule is O=C(NNC(=S)NC(=O)c1ccccc1I)c1ccc(O)cc1. The molecule has 0 aliphatic carbocycles. The smallest absolute Gasteiger partial charge is 0.269 e. The van der Waals surface area contributed by atoms with E-state index >= 15 is 0 Å². The van der Waals surface area contributed by atoms with Gasteiger partial charge in [0.2, 0.25) is 0 Å². The Morgan fingerprint density at radius 3 is 2.26 bits per heavy atom. The first-order valence-corrected chi connectivity index (χ1v) is 7.91. The predicted octanol–water partition coefficient (Wildman–Crippen LogP) is 1.95. The minimum Gasteiger partial charge on any atom is -0.508 e. The lowest BCUT2D eigenvalue weighted by Gasteiger charge is -2.11. The molecule has 2 aromatic rings. The van der Waals surface area contributed by atoms with E-state index < -0.39 is 5.91 Å². The second-order valence-electron chi connectivity index (χ2n) is 4.39. The summed E-state index contributed by atoms with van der Waals surface area (Å²) in [5.74, 6) is -0.753. The number of nitrogens with one attached hydrogen (secondary N) is 3. The van der Waals surface area contributed by atoms with Crippen LogP contribution >= 0.6 is 34.8 Å². The highest BCUT2D eigenvalue weighted by Crippen LogP contribution is 2.11. The first-order chi connectivity index (χ1) is 11.0. The summed E-state index contributed by atoms with van der Waals surface area (Å²) in [6, 6.07) is 12.8. The molecule has 2 rings (SSSR count). The summed E-state index contributed by atoms with van der Waals surface area (Å²) < 4.78 is 0.790. The van der Waals surface area contributed by atoms with Crippen molar-refractivity contribution in [3.05, 3.63) is 63.2 Å². The normalized spacial score (nSPS) is 9.78. The topological polar surface area (TPSA) is 90.5 Å². The fraction of sp³-hybridized carbons (Fsp3) is 0. The molecule has 0 saturated heterocycles. The van der Waals surface area contributed by atoms with E-state index in [2.05, 4.69) is 16.2 Å². The number of rotatable bonds is 2. The third-order valence-corrected chi connectivity index (χ3v) is 3.91. The van der Waals surface area contributed by atoms with Gasteiger partial charge in [0.1, 0.15) is 5.75 Å². The van der Waals surface area contributed by atoms with Crippen LogP contribution in [0.2, 0.25) is 0 Å². The van der Waals surface area contributed by atoms with Crippen LogP contribution < -0.4 is 16.2 Å². The molecular weight excluding hydrogens is 429 g/mol. The number of halogens is 1. The van der Waals surface area contributed by atoms with Crippen molar-refractivity contribution in [2.75, 3.05) is 0 Å². The van der Waals surface area contributed by atoms with Crippen LogP contribution in [-0.2, 0) is 0 Å². The largest absolute Gasteiger partial charge is 0.508 e. The number of phenols is 1. The van der Waals surface area contributed by atoms with Gasteiger partial charge in [0, 0.05) is 9.13 Å². The van der Waals surface area contributed by atoms with E-state index in [1.807, 2.05) is 28.7 Å². The Morgan fingerprint density at radius 1 is 0.957 bits per heavy atom. The maximum absolute atomic E-state index is 12.0. The number of thiocarbonyl (C=S) groups is 1. The summed E-state index contributed by atoms with van der Waals surface area (Å²) in [6.07, 6.45) is 0. The third-order valence-electron chi connectivity index (χ3n) is 2.76. The monoisotopic (exact) mass is 441 g/mol. The highest BCUT2D eigenvalue weighted by molar-refractivity contribution is 14.1. The van der Waals surface area contributed by atoms with Crippen LogP contribution in [0.4, 0.5) is 0 Å². The number of hydrogen-bond acceptors (Lipinski definition) is 4. The van der Waals surface area contributed by atoms with Gasteiger partial charge in [-0.1, -0.05) is 12.1 Å². The second-order valence-corrected chi connectivity index (χ2v) is 5.96. The van der Waals surface area contributed by atoms with E-state index in [9.17, 15) is 14.7 Å². The van der Waals surface area contributed by atoms with Crippen LogP contribution in [-0.4, -0.2) is 22.0 Å². The number of benzene rings is 2. The van der Waals surface area contributed by atoms with E-state index in [4.69, 9.17) is 12.2 Å². The number of phenolic OH excluding ortho intramolecular Hbond substituents is 1. The number of aromatic hydroxyl groups is 1. The fourth-order valence-corrected chi connectivity index (χ4v) is 2.42. The minimum absolute atomic E-state index is 0.0261. The summed E-state index contributed by atoms with van der Waals surface area (Å²) in [5, 5.41) is 11.6. The molecule has 0 aromatic heterocycles. The molecule has 6 nitrogen and oxygen atoms in total. The molecule has 8 heteroatoms. The first kappa shape index (κ1) is 17.2. The van der Waals surface area contributed by atoms with Crippen LogP contribution in [0.5, 0.6) is 5.75 Å². The van der Waals surface area contributed by atoms with Crippen molar-refractivity contribution in [3.8, 4) is 5.75 Å². The molecule has 0 atom stereocenters. The van der Waals surface area contributed by atoms with Crippen LogP contribution in [0, 0.1) is 3.57 Å². The van der Waals surface area contributed by atoms with Gasteiger partial charge in [0.25, 0.3) is 11.8 Å². The fourth-order valence-electron chi connectivity index (χ4n) is 1.65. The van der Waals surface area contributed by atoms with Crippen molar-refractivity contribution in [1.82, 2.24) is 16.2 Å². The van der Waals surface area contributed by atoms with Gasteiger partial charge >= 0.3 is 0 Å². The maximum Gasteiger partial charge on any atom is 0.269 e. The van der Waals surface area contributed by atoms with Crippen LogP contribution in [0.3, 0.4) is 0 Å². The molecule has 0 fully saturated rings. The average molecular weight is 441 g/mol. The van der Waals surface area contributed by atoms with Gasteiger partial charge in [0.05, 0.1) is 5.56 Å². The Bertz CT molecular complexity index is 750. The molecule has 23 heavy (non-hydrogen) atoms. The van der Waals surface area contributed by atoms with E-state index in [0.717, 1.165) is 3.57 Å². The van der Waals surface area contributed by atoms with Gasteiger partial charge in [-0.05, 0) is 71.2 Å². The van der Waals surface area contributed by atoms with Gasteiger partial charge in [-0.3, -0.25) is 25.8 Å². The number of carbonyl (C=O) groups excluding carboxylic acids is 2. The first-order valence-electron chi connectivity index (χ1n) is 6.42. The Labute approximate surface area is 151 Å². The Kier molecular flexibility index (Phi) is 5.88. The second kappa shape index (κ2) is 7.88. The van der Waals surface area contributed by atoms with Gasteiger partial charge in [-0.25, -0.2) is 0 Å². The Morgan fingerprint density at radius 2 is 1.61 bits per heavy atom. The molecule has 0 heterocycles. The lowest BCUT2D eigenvalue weighted by atomic mass is 10.2. The van der Waals surface area contributed by atoms with Crippen molar-refractivity contribution in [2.45, 2.75) is 0 Å². The highest BCUT2D eigenvalue weighted by Gasteiger charge is 2.11. The number of hydrogen-bond donors (Lipinski definition) is 4. The van der Waals surface area contributed by atoms with Gasteiger partial charge < -0.3 is 5.11 Å². The lowest BCUT2D eigenvalue weighted by molar-refractivity contribution is 0.0934. The summed E-state index contributed by atoms with van der Waals surface area (Å²) in [6.45, 7) is 0. The van der Waals surface area contributed by atoms with Crippen LogP contribution in [0.1, 0.15) is 20.7 Å². The van der Waals surface area contributed by atoms with E-state index in [-0.39, 0.29) is 16.8 Å². The summed E-state index contributed by atoms with van der Waals surface area (Å²) in [4.78, 5) is 23.9. The zero-order chi connectivity index (χ0) is 16.8. The van der Waals surface area contributed by atoms with Crippen LogP contribution in [0.15, 0.2) is 48.5 Å². The molecule has 0 aliphatic heterocycles. The molecule has 0 radical (unpaired) electrons. The lowest BCUT2D eigenvalue weighted by Crippen LogP contribution is -2.48. The number of hydrazine groups is 1. The maximum atomic E-state index is 12.0. The molecule has 0 saturated carbocycles. The molecule has 0 spiro atoms. The molecule has 0 unspecified atom stereocenters. The zero-order valence-electron chi connectivity index (χ0n) is 11.7. The van der Waals surface area contributed by atoms with Gasteiger partial charge in [-0.15, -0.1) is 0 Å². The van der Waals surface area contributed by atoms with Crippen molar-refractivity contribution in [1.29, 1.82) is 0 Å². The third kappa shape index (κ3) is 4.89. The summed E-state index contributed by atoms with van der Waals surface area (Å²) in [7, 11) is 0. The molecule has 118 valence electrons.